The predicted octanol–water partition coefficient (Wildman–Crippen LogP) is 6.78. The average molecular weight is 563 g/mol. The fourth-order valence-corrected chi connectivity index (χ4v) is 5.43. The van der Waals surface area contributed by atoms with Crippen LogP contribution in [-0.2, 0) is 17.8 Å². The first-order valence-corrected chi connectivity index (χ1v) is 14.0. The monoisotopic (exact) mass is 561 g/mol. The minimum atomic E-state index is -0.134. The van der Waals surface area contributed by atoms with Gasteiger partial charge in [0, 0.05) is 28.9 Å². The molecule has 1 N–H and O–H groups in total. The van der Waals surface area contributed by atoms with Gasteiger partial charge in [0.05, 0.1) is 23.1 Å². The zero-order chi connectivity index (χ0) is 25.5. The number of thiazole rings is 1. The van der Waals surface area contributed by atoms with E-state index in [1.165, 1.54) is 28.7 Å². The molecule has 0 bridgehead atoms. The van der Waals surface area contributed by atoms with Crippen molar-refractivity contribution in [1.29, 1.82) is 0 Å². The number of carbonyl (C=O) groups is 1. The van der Waals surface area contributed by atoms with Crippen molar-refractivity contribution < 1.29 is 9.53 Å². The minimum Gasteiger partial charge on any atom is -0.492 e. The van der Waals surface area contributed by atoms with Crippen molar-refractivity contribution in [1.82, 2.24) is 19.7 Å². The zero-order valence-electron chi connectivity index (χ0n) is 19.8. The Morgan fingerprint density at radius 3 is 2.72 bits per heavy atom. The van der Waals surface area contributed by atoms with E-state index in [0.29, 0.717) is 45.7 Å². The highest BCUT2D eigenvalue weighted by atomic mass is 35.5. The third kappa shape index (κ3) is 7.00. The van der Waals surface area contributed by atoms with Crippen molar-refractivity contribution in [2.24, 2.45) is 0 Å². The zero-order valence-corrected chi connectivity index (χ0v) is 23.0. The Morgan fingerprint density at radius 2 is 1.97 bits per heavy atom. The first kappa shape index (κ1) is 26.5. The topological polar surface area (TPSA) is 81.9 Å². The molecule has 2 heterocycles. The molecule has 0 fully saturated rings. The normalized spacial score (nSPS) is 11.0. The van der Waals surface area contributed by atoms with Crippen molar-refractivity contribution in [2.45, 2.75) is 38.4 Å². The third-order valence-electron chi connectivity index (χ3n) is 5.24. The Morgan fingerprint density at radius 1 is 1.17 bits per heavy atom. The molecule has 0 spiro atoms. The molecule has 2 aromatic heterocycles. The number of benzene rings is 2. The number of aryl methyl sites for hydroxylation is 2. The highest BCUT2D eigenvalue weighted by molar-refractivity contribution is 7.99. The molecule has 0 radical (unpaired) electrons. The van der Waals surface area contributed by atoms with Gasteiger partial charge in [0.2, 0.25) is 5.91 Å². The summed E-state index contributed by atoms with van der Waals surface area (Å²) in [4.78, 5) is 17.1. The first-order chi connectivity index (χ1) is 17.4. The SMILES string of the molecule is CCn1c(CCCOc2ccc(Cl)cc2Cl)nnc1SCC(=O)Nc1nc(-c2ccc(C)cc2)cs1. The van der Waals surface area contributed by atoms with E-state index >= 15 is 0 Å². The number of rotatable bonds is 11. The lowest BCUT2D eigenvalue weighted by Gasteiger charge is -2.09. The second kappa shape index (κ2) is 12.6. The minimum absolute atomic E-state index is 0.134. The Labute approximate surface area is 228 Å². The van der Waals surface area contributed by atoms with Crippen LogP contribution in [0, 0.1) is 6.92 Å². The van der Waals surface area contributed by atoms with Crippen molar-refractivity contribution in [3.8, 4) is 17.0 Å². The van der Waals surface area contributed by atoms with E-state index in [1.54, 1.807) is 18.2 Å². The summed E-state index contributed by atoms with van der Waals surface area (Å²) >= 11 is 14.8. The number of nitrogens with zero attached hydrogens (tertiary/aromatic N) is 4. The van der Waals surface area contributed by atoms with Gasteiger partial charge in [-0.3, -0.25) is 4.79 Å². The molecule has 36 heavy (non-hydrogen) atoms. The fraction of sp³-hybridized carbons (Fsp3) is 0.280. The van der Waals surface area contributed by atoms with Crippen LogP contribution < -0.4 is 10.1 Å². The second-order valence-electron chi connectivity index (χ2n) is 7.91. The molecule has 11 heteroatoms. The van der Waals surface area contributed by atoms with E-state index in [0.717, 1.165) is 23.5 Å². The fourth-order valence-electron chi connectivity index (χ4n) is 3.41. The van der Waals surface area contributed by atoms with E-state index in [1.807, 2.05) is 48.1 Å². The third-order valence-corrected chi connectivity index (χ3v) is 7.49. The lowest BCUT2D eigenvalue weighted by atomic mass is 10.1. The van der Waals surface area contributed by atoms with Crippen LogP contribution in [0.3, 0.4) is 0 Å². The maximum absolute atomic E-state index is 12.5. The number of aromatic nitrogens is 4. The molecular weight excluding hydrogens is 537 g/mol. The smallest absolute Gasteiger partial charge is 0.236 e. The van der Waals surface area contributed by atoms with Gasteiger partial charge < -0.3 is 14.6 Å². The summed E-state index contributed by atoms with van der Waals surface area (Å²) in [5.41, 5.74) is 3.07. The highest BCUT2D eigenvalue weighted by Gasteiger charge is 2.14. The quantitative estimate of drug-likeness (QED) is 0.160. The van der Waals surface area contributed by atoms with Crippen LogP contribution in [0.5, 0.6) is 5.75 Å². The number of nitrogens with one attached hydrogen (secondary N) is 1. The van der Waals surface area contributed by atoms with Crippen LogP contribution in [0.4, 0.5) is 5.13 Å². The first-order valence-electron chi connectivity index (χ1n) is 11.4. The second-order valence-corrected chi connectivity index (χ2v) is 10.6. The van der Waals surface area contributed by atoms with E-state index in [-0.39, 0.29) is 11.7 Å². The van der Waals surface area contributed by atoms with Gasteiger partial charge >= 0.3 is 0 Å². The number of halogens is 2. The summed E-state index contributed by atoms with van der Waals surface area (Å²) in [6.07, 6.45) is 1.44. The highest BCUT2D eigenvalue weighted by Crippen LogP contribution is 2.28. The molecule has 0 aliphatic carbocycles. The van der Waals surface area contributed by atoms with Gasteiger partial charge in [-0.15, -0.1) is 21.5 Å². The average Bonchev–Trinajstić information content (AvgIpc) is 3.48. The van der Waals surface area contributed by atoms with Crippen molar-refractivity contribution in [3.63, 3.8) is 0 Å². The molecule has 188 valence electrons. The van der Waals surface area contributed by atoms with Crippen LogP contribution in [-0.4, -0.2) is 38.0 Å². The van der Waals surface area contributed by atoms with Gasteiger partial charge in [0.1, 0.15) is 11.6 Å². The summed E-state index contributed by atoms with van der Waals surface area (Å²) in [6.45, 7) is 5.27. The predicted molar refractivity (Wildman–Crippen MR) is 148 cm³/mol. The van der Waals surface area contributed by atoms with E-state index < -0.39 is 0 Å². The summed E-state index contributed by atoms with van der Waals surface area (Å²) < 4.78 is 7.77. The number of hydrogen-bond donors (Lipinski definition) is 1. The Bertz CT molecular complexity index is 1320. The molecule has 4 rings (SSSR count). The standard InChI is InChI=1S/C25H25Cl2N5O2S2/c1-3-32-22(5-4-12-34-21-11-10-18(26)13-19(21)27)30-31-25(32)36-15-23(33)29-24-28-20(14-35-24)17-8-6-16(2)7-9-17/h6-11,13-14H,3-5,12,15H2,1-2H3,(H,28,29,33). The van der Waals surface area contributed by atoms with Crippen molar-refractivity contribution in [2.75, 3.05) is 17.7 Å². The van der Waals surface area contributed by atoms with Crippen LogP contribution in [0.15, 0.2) is 53.0 Å². The molecule has 0 saturated carbocycles. The van der Waals surface area contributed by atoms with Gasteiger partial charge in [0.15, 0.2) is 10.3 Å². The summed E-state index contributed by atoms with van der Waals surface area (Å²) in [5, 5.41) is 15.8. The summed E-state index contributed by atoms with van der Waals surface area (Å²) in [5.74, 6) is 1.54. The molecule has 0 saturated heterocycles. The van der Waals surface area contributed by atoms with Gasteiger partial charge in [-0.05, 0) is 38.5 Å². The lowest BCUT2D eigenvalue weighted by Crippen LogP contribution is -2.14. The molecular formula is C25H25Cl2N5O2S2. The molecule has 0 aliphatic heterocycles. The van der Waals surface area contributed by atoms with Gasteiger partial charge in [-0.1, -0.05) is 64.8 Å². The van der Waals surface area contributed by atoms with Crippen LogP contribution >= 0.6 is 46.3 Å². The number of amides is 1. The van der Waals surface area contributed by atoms with E-state index in [2.05, 4.69) is 20.5 Å². The molecule has 1 amide bonds. The maximum Gasteiger partial charge on any atom is 0.236 e. The van der Waals surface area contributed by atoms with Crippen molar-refractivity contribution in [3.05, 3.63) is 69.3 Å². The number of anilines is 1. The molecule has 4 aromatic rings. The Hall–Kier alpha value is -2.59. The molecule has 0 aliphatic rings. The van der Waals surface area contributed by atoms with Gasteiger partial charge in [-0.25, -0.2) is 4.98 Å². The van der Waals surface area contributed by atoms with Gasteiger partial charge in [-0.2, -0.15) is 0 Å². The lowest BCUT2D eigenvalue weighted by molar-refractivity contribution is -0.113. The maximum atomic E-state index is 12.5. The molecule has 0 atom stereocenters. The number of hydrogen-bond acceptors (Lipinski definition) is 7. The Kier molecular flexibility index (Phi) is 9.25. The number of ether oxygens (including phenoxy) is 1. The van der Waals surface area contributed by atoms with Crippen LogP contribution in [0.1, 0.15) is 24.7 Å². The Balaban J connectivity index is 1.26. The van der Waals surface area contributed by atoms with Crippen LogP contribution in [0.2, 0.25) is 10.0 Å². The van der Waals surface area contributed by atoms with E-state index in [9.17, 15) is 4.79 Å². The van der Waals surface area contributed by atoms with Crippen LogP contribution in [0.25, 0.3) is 11.3 Å². The molecule has 7 nitrogen and oxygen atoms in total. The largest absolute Gasteiger partial charge is 0.492 e. The van der Waals surface area contributed by atoms with Crippen molar-refractivity contribution >= 4 is 57.3 Å². The number of thioether (sulfide) groups is 1. The summed E-state index contributed by atoms with van der Waals surface area (Å²) in [7, 11) is 0. The molecule has 0 unspecified atom stereocenters. The molecule has 2 aromatic carbocycles. The van der Waals surface area contributed by atoms with E-state index in [4.69, 9.17) is 27.9 Å². The van der Waals surface area contributed by atoms with Gasteiger partial charge in [0.25, 0.3) is 0 Å². The number of carbonyl (C=O) groups excluding carboxylic acids is 1. The summed E-state index contributed by atoms with van der Waals surface area (Å²) in [6, 6.07) is 13.3.